The molecule has 8 rings (SSSR count). The Labute approximate surface area is 320 Å². The number of aromatic carboxylic acids is 1. The molecule has 12 heteroatoms. The Morgan fingerprint density at radius 3 is 1.87 bits per heavy atom. The summed E-state index contributed by atoms with van der Waals surface area (Å²) >= 11 is 0. The fourth-order valence-electron chi connectivity index (χ4n) is 7.47. The molecule has 0 unspecified atom stereocenters. The van der Waals surface area contributed by atoms with Crippen LogP contribution in [-0.2, 0) is 0 Å². The monoisotopic (exact) mass is 744 g/mol. The second-order valence-corrected chi connectivity index (χ2v) is 14.2. The molecule has 0 aliphatic carbocycles. The van der Waals surface area contributed by atoms with E-state index in [9.17, 15) is 14.7 Å². The zero-order valence-corrected chi connectivity index (χ0v) is 31.3. The molecule has 5 heterocycles. The van der Waals surface area contributed by atoms with Crippen LogP contribution in [0.15, 0.2) is 91.1 Å². The molecule has 0 bridgehead atoms. The summed E-state index contributed by atoms with van der Waals surface area (Å²) in [4.78, 5) is 39.6. The van der Waals surface area contributed by atoms with E-state index in [-0.39, 0.29) is 23.7 Å². The number of benzene rings is 3. The van der Waals surface area contributed by atoms with E-state index in [1.165, 1.54) is 0 Å². The number of nitrogens with zero attached hydrogens (tertiary/aromatic N) is 3. The van der Waals surface area contributed by atoms with Crippen LogP contribution in [0.5, 0.6) is 11.6 Å². The van der Waals surface area contributed by atoms with E-state index in [4.69, 9.17) is 14.6 Å². The van der Waals surface area contributed by atoms with Gasteiger partial charge in [0.05, 0.1) is 20.3 Å². The van der Waals surface area contributed by atoms with Crippen molar-refractivity contribution in [2.45, 2.75) is 37.8 Å². The number of ether oxygens (including phenoxy) is 2. The number of hydrogen-bond donors (Lipinski definition) is 5. The Kier molecular flexibility index (Phi) is 11.8. The predicted octanol–water partition coefficient (Wildman–Crippen LogP) is 6.43. The highest BCUT2D eigenvalue weighted by atomic mass is 16.5. The van der Waals surface area contributed by atoms with Gasteiger partial charge in [0, 0.05) is 84.9 Å². The summed E-state index contributed by atoms with van der Waals surface area (Å²) in [7, 11) is 3.23. The van der Waals surface area contributed by atoms with Crippen molar-refractivity contribution >= 4 is 33.7 Å². The first-order valence-electron chi connectivity index (χ1n) is 18.8. The van der Waals surface area contributed by atoms with Crippen LogP contribution in [-0.4, -0.2) is 112 Å². The largest absolute Gasteiger partial charge is 0.497 e. The Bertz CT molecular complexity index is 2210. The van der Waals surface area contributed by atoms with Crippen molar-refractivity contribution in [1.82, 2.24) is 30.1 Å². The second-order valence-electron chi connectivity index (χ2n) is 14.2. The van der Waals surface area contributed by atoms with Crippen LogP contribution in [0.4, 0.5) is 0 Å². The van der Waals surface area contributed by atoms with Crippen LogP contribution >= 0.6 is 0 Å². The number of carboxylic acids is 1. The van der Waals surface area contributed by atoms with Gasteiger partial charge in [0.1, 0.15) is 17.1 Å². The topological polar surface area (TPSA) is 156 Å². The number of piperidine rings is 2. The molecule has 2 fully saturated rings. The van der Waals surface area contributed by atoms with Crippen molar-refractivity contribution in [3.05, 3.63) is 103 Å². The first-order chi connectivity index (χ1) is 26.8. The van der Waals surface area contributed by atoms with Crippen LogP contribution in [0.3, 0.4) is 0 Å². The first kappa shape index (κ1) is 37.6. The average molecular weight is 745 g/mol. The highest BCUT2D eigenvalue weighted by molar-refractivity contribution is 6.03. The van der Waals surface area contributed by atoms with Gasteiger partial charge in [0.15, 0.2) is 0 Å². The summed E-state index contributed by atoms with van der Waals surface area (Å²) in [6.45, 7) is 6.11. The number of carbonyl (C=O) groups is 2. The van der Waals surface area contributed by atoms with E-state index < -0.39 is 5.97 Å². The van der Waals surface area contributed by atoms with Gasteiger partial charge in [0.2, 0.25) is 5.88 Å². The van der Waals surface area contributed by atoms with E-state index in [2.05, 4.69) is 30.1 Å². The molecule has 0 saturated carbocycles. The van der Waals surface area contributed by atoms with Crippen LogP contribution < -0.4 is 14.8 Å². The molecule has 286 valence electrons. The van der Waals surface area contributed by atoms with Gasteiger partial charge in [-0.05, 0) is 84.8 Å². The van der Waals surface area contributed by atoms with E-state index in [0.717, 1.165) is 115 Å². The van der Waals surface area contributed by atoms with Gasteiger partial charge < -0.3 is 44.8 Å². The molecule has 0 atom stereocenters. The van der Waals surface area contributed by atoms with Gasteiger partial charge in [-0.15, -0.1) is 0 Å². The summed E-state index contributed by atoms with van der Waals surface area (Å²) in [6, 6.07) is 27.1. The number of aromatic amines is 2. The fraction of sp³-hybridized carbons (Fsp3) is 0.326. The zero-order chi connectivity index (χ0) is 38.3. The number of carbonyl (C=O) groups excluding carboxylic acids is 1. The predicted molar refractivity (Wildman–Crippen MR) is 214 cm³/mol. The van der Waals surface area contributed by atoms with Crippen molar-refractivity contribution in [3.8, 4) is 33.9 Å². The Morgan fingerprint density at radius 1 is 0.745 bits per heavy atom. The van der Waals surface area contributed by atoms with Crippen molar-refractivity contribution < 1.29 is 29.3 Å². The molecule has 0 spiro atoms. The van der Waals surface area contributed by atoms with Gasteiger partial charge in [-0.1, -0.05) is 36.4 Å². The van der Waals surface area contributed by atoms with E-state index >= 15 is 0 Å². The third-order valence-electron chi connectivity index (χ3n) is 10.7. The Morgan fingerprint density at radius 2 is 1.31 bits per heavy atom. The van der Waals surface area contributed by atoms with Gasteiger partial charge >= 0.3 is 5.97 Å². The van der Waals surface area contributed by atoms with Crippen molar-refractivity contribution in [2.75, 3.05) is 53.5 Å². The lowest BCUT2D eigenvalue weighted by atomic mass is 10.0. The first-order valence-corrected chi connectivity index (χ1v) is 18.8. The summed E-state index contributed by atoms with van der Waals surface area (Å²) in [5.74, 6) is 0.362. The highest BCUT2D eigenvalue weighted by Crippen LogP contribution is 2.31. The van der Waals surface area contributed by atoms with Gasteiger partial charge in [0.25, 0.3) is 5.91 Å². The molecule has 2 aliphatic rings. The van der Waals surface area contributed by atoms with Crippen LogP contribution in [0.25, 0.3) is 44.1 Å². The maximum absolute atomic E-state index is 13.0. The average Bonchev–Trinajstić information content (AvgIpc) is 3.87. The van der Waals surface area contributed by atoms with E-state index in [1.54, 1.807) is 26.5 Å². The van der Waals surface area contributed by atoms with Gasteiger partial charge in [-0.2, -0.15) is 0 Å². The lowest BCUT2D eigenvalue weighted by molar-refractivity contribution is 0.0691. The number of hydrogen-bond acceptors (Lipinski definition) is 8. The molecule has 55 heavy (non-hydrogen) atoms. The number of fused-ring (bicyclic) bond motifs is 2. The van der Waals surface area contributed by atoms with Gasteiger partial charge in [-0.25, -0.2) is 9.78 Å². The maximum atomic E-state index is 13.0. The van der Waals surface area contributed by atoms with Crippen molar-refractivity contribution in [1.29, 1.82) is 0 Å². The molecule has 2 saturated heterocycles. The zero-order valence-electron chi connectivity index (χ0n) is 31.3. The van der Waals surface area contributed by atoms with Crippen LogP contribution in [0, 0.1) is 0 Å². The molecule has 1 amide bonds. The Hall–Kier alpha value is -5.69. The number of aliphatic hydroxyl groups excluding tert-OH is 1. The molecule has 0 radical (unpaired) electrons. The number of amides is 1. The minimum atomic E-state index is -0.957. The summed E-state index contributed by atoms with van der Waals surface area (Å²) < 4.78 is 10.3. The normalized spacial score (nSPS) is 15.8. The molecular weight excluding hydrogens is 697 g/mol. The lowest BCUT2D eigenvalue weighted by Crippen LogP contribution is -2.47. The number of aromatic nitrogens is 3. The molecule has 3 aromatic carbocycles. The summed E-state index contributed by atoms with van der Waals surface area (Å²) in [5.41, 5.74) is 6.56. The number of aliphatic hydroxyl groups is 1. The number of H-pyrrole nitrogens is 2. The molecule has 2 aliphatic heterocycles. The summed E-state index contributed by atoms with van der Waals surface area (Å²) in [6.07, 6.45) is 5.39. The number of nitrogens with one attached hydrogen (secondary N) is 3. The summed E-state index contributed by atoms with van der Waals surface area (Å²) in [5, 5.41) is 23.9. The third-order valence-corrected chi connectivity index (χ3v) is 10.7. The van der Waals surface area contributed by atoms with Crippen molar-refractivity contribution in [3.63, 3.8) is 0 Å². The number of pyridine rings is 1. The molecule has 3 aromatic heterocycles. The second kappa shape index (κ2) is 17.2. The smallest absolute Gasteiger partial charge is 0.352 e. The van der Waals surface area contributed by atoms with Crippen molar-refractivity contribution in [2.24, 2.45) is 0 Å². The number of rotatable bonds is 10. The molecule has 6 aromatic rings. The molecule has 5 N–H and O–H groups in total. The quantitative estimate of drug-likeness (QED) is 0.107. The third kappa shape index (κ3) is 9.00. The van der Waals surface area contributed by atoms with Crippen LogP contribution in [0.1, 0.15) is 46.7 Å². The highest BCUT2D eigenvalue weighted by Gasteiger charge is 2.24. The standard InChI is InChI=1S/C27H35N5O3.C16H13NO3/c1-35-26-6-5-19(18-28-26)22-3-2-4-24-23(22)17-25(30-24)27(34)29-20-7-11-31(12-8-20)15-16-32-13-9-21(33)10-14-32;1-20-11-7-5-10(6-8-11)12-3-2-4-14-13(12)9-15(17-14)16(18)19/h2-6,17-18,20-21,30,33H,7-16H2,1H3,(H,29,34);2-9,17H,1H3,(H,18,19). The number of carboxylic acid groups (broad SMARTS) is 1. The van der Waals surface area contributed by atoms with Gasteiger partial charge in [-0.3, -0.25) is 4.79 Å². The van der Waals surface area contributed by atoms with E-state index in [0.29, 0.717) is 11.6 Å². The Balaban J connectivity index is 0.000000197. The minimum absolute atomic E-state index is 0.0506. The number of likely N-dealkylation sites (tertiary alicyclic amines) is 2. The van der Waals surface area contributed by atoms with Crippen LogP contribution in [0.2, 0.25) is 0 Å². The SMILES string of the molecule is COc1ccc(-c2cccc3[nH]c(C(=O)NC4CCN(CCN5CCC(O)CC5)CC4)cc23)cn1.COc1ccc(-c2cccc3[nH]c(C(=O)O)cc23)cc1. The fourth-order valence-corrected chi connectivity index (χ4v) is 7.47. The van der Waals surface area contributed by atoms with E-state index in [1.807, 2.05) is 78.9 Å². The number of methoxy groups -OCH3 is 2. The maximum Gasteiger partial charge on any atom is 0.352 e. The molecular formula is C43H48N6O6. The lowest BCUT2D eigenvalue weighted by Gasteiger charge is -2.35. The molecule has 12 nitrogen and oxygen atoms in total. The minimum Gasteiger partial charge on any atom is -0.497 e.